The summed E-state index contributed by atoms with van der Waals surface area (Å²) in [4.78, 5) is 7.19. The molecule has 1 spiro atoms. The van der Waals surface area contributed by atoms with E-state index in [1.54, 1.807) is 10.7 Å². The summed E-state index contributed by atoms with van der Waals surface area (Å²) in [7, 11) is 0. The highest BCUT2D eigenvalue weighted by Gasteiger charge is 2.39. The van der Waals surface area contributed by atoms with E-state index in [-0.39, 0.29) is 24.8 Å². The molecule has 2 fully saturated rings. The molecule has 0 unspecified atom stereocenters. The van der Waals surface area contributed by atoms with E-state index in [1.165, 1.54) is 19.3 Å². The SMILES string of the molecule is CCOc1cc(-c2ccc(N3CC[C@@]4(CCCNC4)C3)nc2)c2c(C#N)cnn2c1.Cl.Cl. The van der Waals surface area contributed by atoms with Crippen molar-refractivity contribution in [1.29, 1.82) is 5.26 Å². The van der Waals surface area contributed by atoms with Gasteiger partial charge in [0.1, 0.15) is 17.6 Å². The predicted molar refractivity (Wildman–Crippen MR) is 130 cm³/mol. The minimum absolute atomic E-state index is 0. The van der Waals surface area contributed by atoms with E-state index in [9.17, 15) is 5.26 Å². The highest BCUT2D eigenvalue weighted by atomic mass is 35.5. The molecule has 2 aliphatic heterocycles. The summed E-state index contributed by atoms with van der Waals surface area (Å²) >= 11 is 0. The second-order valence-electron chi connectivity index (χ2n) is 8.34. The van der Waals surface area contributed by atoms with Crippen LogP contribution in [0.15, 0.2) is 36.8 Å². The Kier molecular flexibility index (Phi) is 7.50. The quantitative estimate of drug-likeness (QED) is 0.613. The third kappa shape index (κ3) is 4.36. The molecule has 1 N–H and O–H groups in total. The number of nitriles is 1. The number of halogens is 2. The van der Waals surface area contributed by atoms with E-state index in [4.69, 9.17) is 9.72 Å². The van der Waals surface area contributed by atoms with Gasteiger partial charge in [-0.1, -0.05) is 0 Å². The number of anilines is 1. The van der Waals surface area contributed by atoms with E-state index in [2.05, 4.69) is 33.5 Å². The Morgan fingerprint density at radius 1 is 1.25 bits per heavy atom. The number of rotatable bonds is 4. The maximum absolute atomic E-state index is 9.52. The van der Waals surface area contributed by atoms with Gasteiger partial charge in [0.2, 0.25) is 0 Å². The van der Waals surface area contributed by atoms with Crippen LogP contribution >= 0.6 is 24.8 Å². The average molecular weight is 475 g/mol. The van der Waals surface area contributed by atoms with Crippen LogP contribution < -0.4 is 15.0 Å². The molecule has 2 aliphatic rings. The van der Waals surface area contributed by atoms with Crippen molar-refractivity contribution in [3.05, 3.63) is 42.4 Å². The lowest BCUT2D eigenvalue weighted by atomic mass is 9.80. The number of ether oxygens (including phenoxy) is 1. The molecule has 32 heavy (non-hydrogen) atoms. The molecular formula is C23H28Cl2N6O. The molecule has 0 bridgehead atoms. The second-order valence-corrected chi connectivity index (χ2v) is 8.34. The van der Waals surface area contributed by atoms with Gasteiger partial charge in [0.25, 0.3) is 0 Å². The van der Waals surface area contributed by atoms with Crippen molar-refractivity contribution in [2.45, 2.75) is 26.2 Å². The van der Waals surface area contributed by atoms with E-state index in [1.807, 2.05) is 25.4 Å². The minimum atomic E-state index is 0. The molecule has 3 aromatic heterocycles. The molecule has 0 aromatic carbocycles. The first-order valence-electron chi connectivity index (χ1n) is 10.7. The van der Waals surface area contributed by atoms with Gasteiger partial charge >= 0.3 is 0 Å². The first kappa shape index (κ1) is 24.1. The van der Waals surface area contributed by atoms with Gasteiger partial charge < -0.3 is 15.0 Å². The van der Waals surface area contributed by atoms with Crippen LogP contribution in [-0.2, 0) is 0 Å². The molecule has 0 saturated carbocycles. The van der Waals surface area contributed by atoms with E-state index in [0.717, 1.165) is 54.4 Å². The Labute approximate surface area is 200 Å². The molecule has 1 atom stereocenters. The molecule has 0 radical (unpaired) electrons. The average Bonchev–Trinajstić information content (AvgIpc) is 3.38. The van der Waals surface area contributed by atoms with Crippen molar-refractivity contribution >= 4 is 36.1 Å². The monoisotopic (exact) mass is 474 g/mol. The highest BCUT2D eigenvalue weighted by molar-refractivity contribution is 5.86. The fourth-order valence-corrected chi connectivity index (χ4v) is 4.89. The van der Waals surface area contributed by atoms with Crippen LogP contribution in [0.25, 0.3) is 16.6 Å². The van der Waals surface area contributed by atoms with Gasteiger partial charge in [0.05, 0.1) is 30.1 Å². The lowest BCUT2D eigenvalue weighted by Gasteiger charge is -2.33. The Morgan fingerprint density at radius 2 is 2.12 bits per heavy atom. The van der Waals surface area contributed by atoms with Crippen molar-refractivity contribution in [1.82, 2.24) is 19.9 Å². The van der Waals surface area contributed by atoms with Gasteiger partial charge in [-0.05, 0) is 50.9 Å². The van der Waals surface area contributed by atoms with Crippen LogP contribution in [0.1, 0.15) is 31.7 Å². The zero-order chi connectivity index (χ0) is 20.6. The van der Waals surface area contributed by atoms with Gasteiger partial charge in [-0.3, -0.25) is 0 Å². The smallest absolute Gasteiger partial charge is 0.138 e. The summed E-state index contributed by atoms with van der Waals surface area (Å²) in [5.74, 6) is 1.75. The zero-order valence-corrected chi connectivity index (χ0v) is 19.7. The minimum Gasteiger partial charge on any atom is -0.492 e. The Hall–Kier alpha value is -2.53. The summed E-state index contributed by atoms with van der Waals surface area (Å²) in [6, 6.07) is 8.39. The van der Waals surface area contributed by atoms with Crippen molar-refractivity contribution in [2.75, 3.05) is 37.7 Å². The van der Waals surface area contributed by atoms with Crippen molar-refractivity contribution < 1.29 is 4.74 Å². The van der Waals surface area contributed by atoms with Crippen LogP contribution in [0.3, 0.4) is 0 Å². The third-order valence-corrected chi connectivity index (χ3v) is 6.40. The first-order valence-corrected chi connectivity index (χ1v) is 10.7. The normalized spacial score (nSPS) is 19.9. The molecule has 170 valence electrons. The van der Waals surface area contributed by atoms with Crippen LogP contribution in [0, 0.1) is 16.7 Å². The van der Waals surface area contributed by atoms with E-state index in [0.29, 0.717) is 17.6 Å². The van der Waals surface area contributed by atoms with E-state index >= 15 is 0 Å². The van der Waals surface area contributed by atoms with Crippen molar-refractivity contribution in [2.24, 2.45) is 5.41 Å². The summed E-state index contributed by atoms with van der Waals surface area (Å²) in [6.07, 6.45) is 9.10. The van der Waals surface area contributed by atoms with Crippen LogP contribution in [0.2, 0.25) is 0 Å². The highest BCUT2D eigenvalue weighted by Crippen LogP contribution is 2.38. The maximum Gasteiger partial charge on any atom is 0.138 e. The number of fused-ring (bicyclic) bond motifs is 1. The Balaban J connectivity index is 0.00000144. The van der Waals surface area contributed by atoms with Crippen molar-refractivity contribution in [3.63, 3.8) is 0 Å². The molecule has 3 aromatic rings. The molecule has 7 nitrogen and oxygen atoms in total. The first-order chi connectivity index (χ1) is 14.7. The number of nitrogens with one attached hydrogen (secondary N) is 1. The van der Waals surface area contributed by atoms with Crippen LogP contribution in [0.4, 0.5) is 5.82 Å². The number of hydrogen-bond acceptors (Lipinski definition) is 6. The summed E-state index contributed by atoms with van der Waals surface area (Å²) in [5, 5.41) is 17.4. The summed E-state index contributed by atoms with van der Waals surface area (Å²) in [6.45, 7) is 6.90. The topological polar surface area (TPSA) is 78.5 Å². The standard InChI is InChI=1S/C23H26N6O.2ClH/c1-2-30-19-10-20(22-18(11-24)13-27-29(22)14-19)17-4-5-21(26-12-17)28-9-7-23(16-28)6-3-8-25-15-23;;/h4-5,10,12-14,25H,2-3,6-9,15-16H2,1H3;2*1H/t23-;;/m1../s1. The number of hydrogen-bond donors (Lipinski definition) is 1. The number of aromatic nitrogens is 3. The molecule has 9 heteroatoms. The Bertz CT molecular complexity index is 1100. The predicted octanol–water partition coefficient (Wildman–Crippen LogP) is 4.09. The number of piperidine rings is 1. The fraction of sp³-hybridized carbons (Fsp3) is 0.435. The van der Waals surface area contributed by atoms with Gasteiger partial charge in [0.15, 0.2) is 0 Å². The molecule has 0 aliphatic carbocycles. The molecule has 5 rings (SSSR count). The summed E-state index contributed by atoms with van der Waals surface area (Å²) in [5.41, 5.74) is 3.59. The van der Waals surface area contributed by atoms with Crippen molar-refractivity contribution in [3.8, 4) is 22.9 Å². The zero-order valence-electron chi connectivity index (χ0n) is 18.1. The fourth-order valence-electron chi connectivity index (χ4n) is 4.89. The molecular weight excluding hydrogens is 447 g/mol. The van der Waals surface area contributed by atoms with E-state index < -0.39 is 0 Å². The Morgan fingerprint density at radius 3 is 2.81 bits per heavy atom. The van der Waals surface area contributed by atoms with Gasteiger partial charge in [-0.25, -0.2) is 9.50 Å². The molecule has 2 saturated heterocycles. The molecule has 0 amide bonds. The lowest BCUT2D eigenvalue weighted by Crippen LogP contribution is -2.42. The van der Waals surface area contributed by atoms with Gasteiger partial charge in [-0.15, -0.1) is 24.8 Å². The second kappa shape index (κ2) is 9.95. The van der Waals surface area contributed by atoms with Crippen LogP contribution in [-0.4, -0.2) is 47.4 Å². The van der Waals surface area contributed by atoms with Gasteiger partial charge in [-0.2, -0.15) is 10.4 Å². The van der Waals surface area contributed by atoms with Gasteiger partial charge in [0, 0.05) is 42.4 Å². The number of nitrogens with zero attached hydrogens (tertiary/aromatic N) is 5. The maximum atomic E-state index is 9.52. The summed E-state index contributed by atoms with van der Waals surface area (Å²) < 4.78 is 7.42. The largest absolute Gasteiger partial charge is 0.492 e. The number of pyridine rings is 2. The van der Waals surface area contributed by atoms with Crippen LogP contribution in [0.5, 0.6) is 5.75 Å². The molecule has 5 heterocycles. The lowest BCUT2D eigenvalue weighted by molar-refractivity contribution is 0.239. The third-order valence-electron chi connectivity index (χ3n) is 6.40.